The van der Waals surface area contributed by atoms with Crippen molar-refractivity contribution < 1.29 is 4.79 Å². The molecule has 1 amide bonds. The molecule has 4 nitrogen and oxygen atoms in total. The molecule has 1 aromatic heterocycles. The van der Waals surface area contributed by atoms with E-state index in [1.807, 2.05) is 74.0 Å². The van der Waals surface area contributed by atoms with Gasteiger partial charge in [-0.15, -0.1) is 11.8 Å². The van der Waals surface area contributed by atoms with Gasteiger partial charge in [-0.25, -0.2) is 4.68 Å². The third kappa shape index (κ3) is 3.99. The topological polar surface area (TPSA) is 46.9 Å². The van der Waals surface area contributed by atoms with E-state index in [-0.39, 0.29) is 5.91 Å². The van der Waals surface area contributed by atoms with Gasteiger partial charge >= 0.3 is 0 Å². The van der Waals surface area contributed by atoms with E-state index in [0.717, 1.165) is 27.7 Å². The van der Waals surface area contributed by atoms with Gasteiger partial charge in [0.15, 0.2) is 0 Å². The number of nitrogens with zero attached hydrogens (tertiary/aromatic N) is 2. The van der Waals surface area contributed by atoms with Gasteiger partial charge in [-0.3, -0.25) is 4.79 Å². The molecule has 0 atom stereocenters. The molecule has 3 rings (SSSR count). The quantitative estimate of drug-likeness (QED) is 0.658. The van der Waals surface area contributed by atoms with Crippen LogP contribution in [0, 0.1) is 27.7 Å². The first-order valence-corrected chi connectivity index (χ1v) is 9.56. The van der Waals surface area contributed by atoms with Crippen molar-refractivity contribution in [1.82, 2.24) is 9.78 Å². The first-order chi connectivity index (χ1) is 12.5. The standard InChI is InChI=1S/C21H23N3OS/c1-14-10-11-18(12-15(14)2)22-20(25)13-26-21-16(3)23-24(17(21)4)19-8-6-5-7-9-19/h5-12H,13H2,1-4H3,(H,22,25). The third-order valence-corrected chi connectivity index (χ3v) is 5.65. The largest absolute Gasteiger partial charge is 0.325 e. The molecule has 3 aromatic rings. The number of hydrogen-bond acceptors (Lipinski definition) is 3. The fourth-order valence-electron chi connectivity index (χ4n) is 2.81. The van der Waals surface area contributed by atoms with Gasteiger partial charge in [0.2, 0.25) is 5.91 Å². The number of aromatic nitrogens is 2. The Morgan fingerprint density at radius 3 is 2.46 bits per heavy atom. The normalized spacial score (nSPS) is 10.8. The van der Waals surface area contributed by atoms with Crippen LogP contribution in [0.25, 0.3) is 5.69 Å². The number of carbonyl (C=O) groups is 1. The summed E-state index contributed by atoms with van der Waals surface area (Å²) in [6, 6.07) is 16.0. The first kappa shape index (κ1) is 18.3. The highest BCUT2D eigenvalue weighted by Gasteiger charge is 2.15. The maximum atomic E-state index is 12.3. The molecule has 134 valence electrons. The minimum absolute atomic E-state index is 0.00971. The van der Waals surface area contributed by atoms with Crippen LogP contribution >= 0.6 is 11.8 Å². The Bertz CT molecular complexity index is 932. The molecule has 0 fully saturated rings. The smallest absolute Gasteiger partial charge is 0.234 e. The average molecular weight is 366 g/mol. The van der Waals surface area contributed by atoms with Crippen molar-refractivity contribution >= 4 is 23.4 Å². The maximum Gasteiger partial charge on any atom is 0.234 e. The number of carbonyl (C=O) groups excluding carboxylic acids is 1. The fraction of sp³-hybridized carbons (Fsp3) is 0.238. The molecule has 0 saturated carbocycles. The van der Waals surface area contributed by atoms with Crippen molar-refractivity contribution in [2.75, 3.05) is 11.1 Å². The van der Waals surface area contributed by atoms with Crippen LogP contribution in [0.4, 0.5) is 5.69 Å². The minimum Gasteiger partial charge on any atom is -0.325 e. The van der Waals surface area contributed by atoms with Gasteiger partial charge in [-0.2, -0.15) is 5.10 Å². The summed E-state index contributed by atoms with van der Waals surface area (Å²) in [7, 11) is 0. The van der Waals surface area contributed by atoms with E-state index >= 15 is 0 Å². The molecular formula is C21H23N3OS. The summed E-state index contributed by atoms with van der Waals surface area (Å²) in [5, 5.41) is 7.60. The number of benzene rings is 2. The van der Waals surface area contributed by atoms with E-state index in [4.69, 9.17) is 0 Å². The van der Waals surface area contributed by atoms with Crippen LogP contribution in [0.2, 0.25) is 0 Å². The lowest BCUT2D eigenvalue weighted by Gasteiger charge is -2.08. The number of hydrogen-bond donors (Lipinski definition) is 1. The van der Waals surface area contributed by atoms with Crippen molar-refractivity contribution in [3.8, 4) is 5.69 Å². The summed E-state index contributed by atoms with van der Waals surface area (Å²) in [6.07, 6.45) is 0. The van der Waals surface area contributed by atoms with Crippen LogP contribution in [0.1, 0.15) is 22.5 Å². The SMILES string of the molecule is Cc1ccc(NC(=O)CSc2c(C)nn(-c3ccccc3)c2C)cc1C. The van der Waals surface area contributed by atoms with Crippen LogP contribution in [0.3, 0.4) is 0 Å². The molecule has 0 bridgehead atoms. The number of anilines is 1. The molecular weight excluding hydrogens is 342 g/mol. The molecule has 0 aliphatic rings. The van der Waals surface area contributed by atoms with Crippen LogP contribution in [0.15, 0.2) is 53.4 Å². The Morgan fingerprint density at radius 1 is 1.04 bits per heavy atom. The zero-order chi connectivity index (χ0) is 18.7. The molecule has 0 spiro atoms. The second-order valence-electron chi connectivity index (χ2n) is 6.38. The van der Waals surface area contributed by atoms with Crippen LogP contribution in [0.5, 0.6) is 0 Å². The highest BCUT2D eigenvalue weighted by atomic mass is 32.2. The van der Waals surface area contributed by atoms with Crippen molar-refractivity contribution in [3.05, 3.63) is 71.0 Å². The lowest BCUT2D eigenvalue weighted by molar-refractivity contribution is -0.113. The zero-order valence-corrected chi connectivity index (χ0v) is 16.4. The van der Waals surface area contributed by atoms with Gasteiger partial charge in [0.05, 0.1) is 27.7 Å². The maximum absolute atomic E-state index is 12.3. The van der Waals surface area contributed by atoms with Gasteiger partial charge in [0.25, 0.3) is 0 Å². The van der Waals surface area contributed by atoms with E-state index in [1.54, 1.807) is 0 Å². The number of para-hydroxylation sites is 1. The molecule has 1 heterocycles. The van der Waals surface area contributed by atoms with Gasteiger partial charge in [0, 0.05) is 5.69 Å². The van der Waals surface area contributed by atoms with Gasteiger partial charge in [0.1, 0.15) is 0 Å². The zero-order valence-electron chi connectivity index (χ0n) is 15.5. The second kappa shape index (κ2) is 7.79. The molecule has 5 heteroatoms. The van der Waals surface area contributed by atoms with Gasteiger partial charge in [-0.05, 0) is 63.1 Å². The highest BCUT2D eigenvalue weighted by Crippen LogP contribution is 2.28. The van der Waals surface area contributed by atoms with Crippen molar-refractivity contribution in [2.45, 2.75) is 32.6 Å². The lowest BCUT2D eigenvalue weighted by atomic mass is 10.1. The van der Waals surface area contributed by atoms with Crippen molar-refractivity contribution in [2.24, 2.45) is 0 Å². The van der Waals surface area contributed by atoms with E-state index in [1.165, 1.54) is 22.9 Å². The highest BCUT2D eigenvalue weighted by molar-refractivity contribution is 8.00. The molecule has 0 radical (unpaired) electrons. The Morgan fingerprint density at radius 2 is 1.77 bits per heavy atom. The molecule has 26 heavy (non-hydrogen) atoms. The van der Waals surface area contributed by atoms with Crippen molar-refractivity contribution in [1.29, 1.82) is 0 Å². The fourth-order valence-corrected chi connectivity index (χ4v) is 3.70. The van der Waals surface area contributed by atoms with Crippen LogP contribution < -0.4 is 5.32 Å². The summed E-state index contributed by atoms with van der Waals surface area (Å²) in [4.78, 5) is 13.4. The minimum atomic E-state index is -0.00971. The van der Waals surface area contributed by atoms with E-state index < -0.39 is 0 Å². The predicted molar refractivity (Wildman–Crippen MR) is 108 cm³/mol. The number of rotatable bonds is 5. The second-order valence-corrected chi connectivity index (χ2v) is 7.37. The molecule has 0 aliphatic heterocycles. The average Bonchev–Trinajstić information content (AvgIpc) is 2.91. The summed E-state index contributed by atoms with van der Waals surface area (Å²) in [6.45, 7) is 8.13. The Balaban J connectivity index is 1.69. The molecule has 2 aromatic carbocycles. The Labute approximate surface area is 158 Å². The monoisotopic (exact) mass is 365 g/mol. The van der Waals surface area contributed by atoms with Gasteiger partial charge in [-0.1, -0.05) is 24.3 Å². The summed E-state index contributed by atoms with van der Waals surface area (Å²) in [5.74, 6) is 0.347. The summed E-state index contributed by atoms with van der Waals surface area (Å²) in [5.41, 5.74) is 6.25. The Kier molecular flexibility index (Phi) is 5.47. The first-order valence-electron chi connectivity index (χ1n) is 8.57. The molecule has 1 N–H and O–H groups in total. The van der Waals surface area contributed by atoms with Crippen molar-refractivity contribution in [3.63, 3.8) is 0 Å². The van der Waals surface area contributed by atoms with Gasteiger partial charge < -0.3 is 5.32 Å². The summed E-state index contributed by atoms with van der Waals surface area (Å²) < 4.78 is 1.93. The number of nitrogens with one attached hydrogen (secondary N) is 1. The predicted octanol–water partition coefficient (Wildman–Crippen LogP) is 4.84. The number of thioether (sulfide) groups is 1. The molecule has 0 aliphatic carbocycles. The summed E-state index contributed by atoms with van der Waals surface area (Å²) >= 11 is 1.53. The Hall–Kier alpha value is -2.53. The van der Waals surface area contributed by atoms with E-state index in [9.17, 15) is 4.79 Å². The van der Waals surface area contributed by atoms with Crippen LogP contribution in [-0.4, -0.2) is 21.4 Å². The molecule has 0 saturated heterocycles. The lowest BCUT2D eigenvalue weighted by Crippen LogP contribution is -2.14. The molecule has 0 unspecified atom stereocenters. The number of amides is 1. The van der Waals surface area contributed by atoms with E-state index in [2.05, 4.69) is 17.3 Å². The third-order valence-electron chi connectivity index (χ3n) is 4.36. The number of aryl methyl sites for hydroxylation is 3. The van der Waals surface area contributed by atoms with Crippen LogP contribution in [-0.2, 0) is 4.79 Å². The van der Waals surface area contributed by atoms with E-state index in [0.29, 0.717) is 5.75 Å².